The molecule has 7 heteroatoms. The summed E-state index contributed by atoms with van der Waals surface area (Å²) in [6.07, 6.45) is 5.91. The number of amides is 1. The molecule has 0 saturated heterocycles. The van der Waals surface area contributed by atoms with Gasteiger partial charge in [-0.05, 0) is 24.0 Å². The van der Waals surface area contributed by atoms with Crippen LogP contribution in [-0.4, -0.2) is 28.0 Å². The first-order chi connectivity index (χ1) is 10.3. The van der Waals surface area contributed by atoms with Crippen molar-refractivity contribution in [3.8, 4) is 5.88 Å². The fraction of sp³-hybridized carbons (Fsp3) is 0.286. The van der Waals surface area contributed by atoms with E-state index in [1.54, 1.807) is 24.7 Å². The smallest absolute Gasteiger partial charge is 0.245 e. The van der Waals surface area contributed by atoms with E-state index in [4.69, 9.17) is 4.74 Å². The summed E-state index contributed by atoms with van der Waals surface area (Å²) in [6.45, 7) is 0. The number of carbonyl (C=O) groups is 1. The van der Waals surface area contributed by atoms with Crippen LogP contribution in [0.5, 0.6) is 5.88 Å². The molecule has 2 aromatic heterocycles. The number of methoxy groups -OCH3 is 1. The lowest BCUT2D eigenvalue weighted by Crippen LogP contribution is -2.31. The lowest BCUT2D eigenvalue weighted by atomic mass is 10.1. The van der Waals surface area contributed by atoms with Crippen LogP contribution in [0.1, 0.15) is 17.9 Å². The number of ether oxygens (including phenoxy) is 1. The highest BCUT2D eigenvalue weighted by molar-refractivity contribution is 5.83. The normalized spacial score (nSPS) is 19.7. The Morgan fingerprint density at radius 1 is 1.38 bits per heavy atom. The Balaban J connectivity index is 1.54. The molecule has 1 aliphatic rings. The fourth-order valence-corrected chi connectivity index (χ4v) is 2.17. The summed E-state index contributed by atoms with van der Waals surface area (Å²) in [6, 6.07) is 5.50. The largest absolute Gasteiger partial charge is 0.481 e. The predicted octanol–water partition coefficient (Wildman–Crippen LogP) is 1.13. The third-order valence-corrected chi connectivity index (χ3v) is 3.38. The van der Waals surface area contributed by atoms with Gasteiger partial charge in [0.15, 0.2) is 0 Å². The third-order valence-electron chi connectivity index (χ3n) is 3.38. The van der Waals surface area contributed by atoms with E-state index < -0.39 is 0 Å². The first-order valence-corrected chi connectivity index (χ1v) is 6.61. The summed E-state index contributed by atoms with van der Waals surface area (Å²) in [4.78, 5) is 24.1. The highest BCUT2D eigenvalue weighted by atomic mass is 16.5. The van der Waals surface area contributed by atoms with E-state index >= 15 is 0 Å². The maximum atomic E-state index is 12.0. The molecule has 21 heavy (non-hydrogen) atoms. The molecule has 1 amide bonds. The minimum Gasteiger partial charge on any atom is -0.481 e. The van der Waals surface area contributed by atoms with E-state index in [0.29, 0.717) is 11.8 Å². The summed E-state index contributed by atoms with van der Waals surface area (Å²) in [5, 5.41) is 0. The van der Waals surface area contributed by atoms with Crippen LogP contribution in [0.2, 0.25) is 0 Å². The summed E-state index contributed by atoms with van der Waals surface area (Å²) >= 11 is 0. The zero-order valence-corrected chi connectivity index (χ0v) is 11.5. The second kappa shape index (κ2) is 5.74. The SMILES string of the molecule is COc1ccnc(NNC(=O)[C@@H]2C[C@@H]2c2cccnc2)n1. The highest BCUT2D eigenvalue weighted by Crippen LogP contribution is 2.47. The van der Waals surface area contributed by atoms with E-state index in [-0.39, 0.29) is 17.7 Å². The van der Waals surface area contributed by atoms with Crippen LogP contribution in [0.3, 0.4) is 0 Å². The minimum atomic E-state index is -0.0738. The van der Waals surface area contributed by atoms with E-state index in [9.17, 15) is 4.79 Å². The number of carbonyl (C=O) groups excluding carboxylic acids is 1. The quantitative estimate of drug-likeness (QED) is 0.800. The van der Waals surface area contributed by atoms with Crippen molar-refractivity contribution in [2.24, 2.45) is 5.92 Å². The molecule has 1 saturated carbocycles. The van der Waals surface area contributed by atoms with Gasteiger partial charge in [0.2, 0.25) is 17.7 Å². The van der Waals surface area contributed by atoms with E-state index in [1.165, 1.54) is 7.11 Å². The molecule has 2 atom stereocenters. The molecule has 0 radical (unpaired) electrons. The van der Waals surface area contributed by atoms with Gasteiger partial charge in [0.25, 0.3) is 0 Å². The number of nitrogens with zero attached hydrogens (tertiary/aromatic N) is 3. The number of aromatic nitrogens is 3. The number of hydrazine groups is 1. The zero-order valence-electron chi connectivity index (χ0n) is 11.5. The summed E-state index contributed by atoms with van der Waals surface area (Å²) in [5.74, 6) is 0.858. The van der Waals surface area contributed by atoms with Gasteiger partial charge in [-0.15, -0.1) is 0 Å². The molecule has 1 fully saturated rings. The van der Waals surface area contributed by atoms with Gasteiger partial charge >= 0.3 is 0 Å². The van der Waals surface area contributed by atoms with E-state index in [0.717, 1.165) is 12.0 Å². The van der Waals surface area contributed by atoms with Crippen molar-refractivity contribution in [3.63, 3.8) is 0 Å². The van der Waals surface area contributed by atoms with Crippen LogP contribution in [0.25, 0.3) is 0 Å². The molecule has 1 aliphatic carbocycles. The van der Waals surface area contributed by atoms with Crippen molar-refractivity contribution in [2.45, 2.75) is 12.3 Å². The Labute approximate surface area is 121 Å². The number of rotatable bonds is 5. The Morgan fingerprint density at radius 2 is 2.29 bits per heavy atom. The number of pyridine rings is 1. The molecule has 0 aromatic carbocycles. The van der Waals surface area contributed by atoms with Crippen molar-refractivity contribution in [2.75, 3.05) is 12.5 Å². The van der Waals surface area contributed by atoms with Crippen LogP contribution in [0.15, 0.2) is 36.8 Å². The molecule has 3 rings (SSSR count). The predicted molar refractivity (Wildman–Crippen MR) is 75.4 cm³/mol. The van der Waals surface area contributed by atoms with Gasteiger partial charge in [0.05, 0.1) is 7.11 Å². The molecule has 0 aliphatic heterocycles. The molecule has 2 heterocycles. The second-order valence-corrected chi connectivity index (χ2v) is 4.77. The second-order valence-electron chi connectivity index (χ2n) is 4.77. The number of anilines is 1. The molecule has 0 bridgehead atoms. The van der Waals surface area contributed by atoms with Crippen molar-refractivity contribution < 1.29 is 9.53 Å². The van der Waals surface area contributed by atoms with Gasteiger partial charge in [0.1, 0.15) is 0 Å². The number of hydrogen-bond acceptors (Lipinski definition) is 6. The van der Waals surface area contributed by atoms with Crippen LogP contribution in [0.4, 0.5) is 5.95 Å². The summed E-state index contributed by atoms with van der Waals surface area (Å²) in [5.41, 5.74) is 6.41. The first kappa shape index (κ1) is 13.3. The van der Waals surface area contributed by atoms with Gasteiger partial charge in [-0.1, -0.05) is 6.07 Å². The minimum absolute atomic E-state index is 0.0349. The van der Waals surface area contributed by atoms with Crippen LogP contribution in [0, 0.1) is 5.92 Å². The monoisotopic (exact) mass is 285 g/mol. The Kier molecular flexibility index (Phi) is 3.63. The molecular weight excluding hydrogens is 270 g/mol. The molecule has 2 N–H and O–H groups in total. The fourth-order valence-electron chi connectivity index (χ4n) is 2.17. The van der Waals surface area contributed by atoms with Crippen LogP contribution >= 0.6 is 0 Å². The van der Waals surface area contributed by atoms with Crippen molar-refractivity contribution >= 4 is 11.9 Å². The third kappa shape index (κ3) is 3.07. The van der Waals surface area contributed by atoms with Crippen molar-refractivity contribution in [1.29, 1.82) is 0 Å². The average molecular weight is 285 g/mol. The first-order valence-electron chi connectivity index (χ1n) is 6.61. The van der Waals surface area contributed by atoms with Gasteiger partial charge in [-0.3, -0.25) is 20.6 Å². The maximum absolute atomic E-state index is 12.0. The lowest BCUT2D eigenvalue weighted by molar-refractivity contribution is -0.121. The van der Waals surface area contributed by atoms with Crippen molar-refractivity contribution in [3.05, 3.63) is 42.4 Å². The van der Waals surface area contributed by atoms with Crippen molar-refractivity contribution in [1.82, 2.24) is 20.4 Å². The molecular formula is C14H15N5O2. The molecule has 0 spiro atoms. The van der Waals surface area contributed by atoms with Crippen LogP contribution in [-0.2, 0) is 4.79 Å². The molecule has 7 nitrogen and oxygen atoms in total. The summed E-state index contributed by atoms with van der Waals surface area (Å²) in [7, 11) is 1.52. The Bertz CT molecular complexity index is 634. The standard InChI is InChI=1S/C14H15N5O2/c1-21-12-4-6-16-14(17-12)19-18-13(20)11-7-10(11)9-3-2-5-15-8-9/h2-6,8,10-11H,7H2,1H3,(H,18,20)(H,16,17,19)/t10-,11-/m1/s1. The average Bonchev–Trinajstić information content (AvgIpc) is 3.34. The van der Waals surface area contributed by atoms with Gasteiger partial charge < -0.3 is 4.74 Å². The molecule has 0 unspecified atom stereocenters. The lowest BCUT2D eigenvalue weighted by Gasteiger charge is -2.07. The van der Waals surface area contributed by atoms with Gasteiger partial charge in [0, 0.05) is 30.6 Å². The number of hydrogen-bond donors (Lipinski definition) is 2. The highest BCUT2D eigenvalue weighted by Gasteiger charge is 2.44. The Hall–Kier alpha value is -2.70. The van der Waals surface area contributed by atoms with Crippen LogP contribution < -0.4 is 15.6 Å². The molecule has 2 aromatic rings. The van der Waals surface area contributed by atoms with E-state index in [1.807, 2.05) is 12.1 Å². The number of nitrogens with one attached hydrogen (secondary N) is 2. The van der Waals surface area contributed by atoms with Gasteiger partial charge in [-0.25, -0.2) is 4.98 Å². The van der Waals surface area contributed by atoms with Gasteiger partial charge in [-0.2, -0.15) is 4.98 Å². The zero-order chi connectivity index (χ0) is 14.7. The molecule has 108 valence electrons. The van der Waals surface area contributed by atoms with E-state index in [2.05, 4.69) is 25.8 Å². The topological polar surface area (TPSA) is 89.0 Å². The maximum Gasteiger partial charge on any atom is 0.245 e. The summed E-state index contributed by atoms with van der Waals surface area (Å²) < 4.78 is 4.99. The Morgan fingerprint density at radius 3 is 3.05 bits per heavy atom.